The fourth-order valence-corrected chi connectivity index (χ4v) is 3.78. The minimum Gasteiger partial charge on any atom is -0.373 e. The Bertz CT molecular complexity index is 269. The molecule has 1 aliphatic carbocycles. The van der Waals surface area contributed by atoms with E-state index in [4.69, 9.17) is 10.5 Å². The van der Waals surface area contributed by atoms with Gasteiger partial charge in [0.1, 0.15) is 0 Å². The second kappa shape index (κ2) is 4.52. The highest BCUT2D eigenvalue weighted by atomic mass is 16.5. The van der Waals surface area contributed by atoms with Gasteiger partial charge in [-0.2, -0.15) is 0 Å². The maximum Gasteiger partial charge on any atom is 0.0678 e. The highest BCUT2D eigenvalue weighted by Gasteiger charge is 2.47. The Balaban J connectivity index is 2.13. The lowest BCUT2D eigenvalue weighted by molar-refractivity contribution is -0.101. The van der Waals surface area contributed by atoms with Gasteiger partial charge in [0, 0.05) is 25.2 Å². The number of nitrogens with two attached hydrogens (primary N) is 1. The van der Waals surface area contributed by atoms with Crippen molar-refractivity contribution >= 4 is 0 Å². The molecule has 100 valence electrons. The van der Waals surface area contributed by atoms with Crippen LogP contribution in [0.3, 0.4) is 0 Å². The van der Waals surface area contributed by atoms with Crippen molar-refractivity contribution in [3.8, 4) is 0 Å². The average molecular weight is 240 g/mol. The van der Waals surface area contributed by atoms with E-state index in [-0.39, 0.29) is 5.54 Å². The third kappa shape index (κ3) is 2.67. The van der Waals surface area contributed by atoms with Gasteiger partial charge in [-0.05, 0) is 38.5 Å². The Hall–Kier alpha value is -0.120. The molecule has 0 bridgehead atoms. The fraction of sp³-hybridized carbons (Fsp3) is 1.00. The molecule has 3 atom stereocenters. The number of rotatable bonds is 2. The second-order valence-electron chi connectivity index (χ2n) is 6.93. The summed E-state index contributed by atoms with van der Waals surface area (Å²) in [6, 6.07) is 0. The predicted octanol–water partition coefficient (Wildman–Crippen LogP) is 2.00. The number of morpholine rings is 1. The van der Waals surface area contributed by atoms with Crippen LogP contribution in [0.15, 0.2) is 0 Å². The summed E-state index contributed by atoms with van der Waals surface area (Å²) >= 11 is 0. The van der Waals surface area contributed by atoms with Crippen LogP contribution in [0.1, 0.15) is 47.0 Å². The largest absolute Gasteiger partial charge is 0.373 e. The molecule has 17 heavy (non-hydrogen) atoms. The lowest BCUT2D eigenvalue weighted by atomic mass is 9.86. The van der Waals surface area contributed by atoms with Gasteiger partial charge in [0.05, 0.1) is 12.2 Å². The molecule has 1 heterocycles. The third-order valence-corrected chi connectivity index (χ3v) is 4.55. The van der Waals surface area contributed by atoms with Crippen molar-refractivity contribution in [3.63, 3.8) is 0 Å². The Labute approximate surface area is 106 Å². The lowest BCUT2D eigenvalue weighted by Crippen LogP contribution is -2.59. The highest BCUT2D eigenvalue weighted by molar-refractivity contribution is 5.03. The van der Waals surface area contributed by atoms with Crippen LogP contribution in [0.4, 0.5) is 0 Å². The Morgan fingerprint density at radius 1 is 1.18 bits per heavy atom. The van der Waals surface area contributed by atoms with E-state index < -0.39 is 0 Å². The van der Waals surface area contributed by atoms with Crippen LogP contribution in [0, 0.1) is 5.41 Å². The van der Waals surface area contributed by atoms with Gasteiger partial charge in [0.25, 0.3) is 0 Å². The van der Waals surface area contributed by atoms with Gasteiger partial charge in [0.2, 0.25) is 0 Å². The first kappa shape index (κ1) is 13.3. The lowest BCUT2D eigenvalue weighted by Gasteiger charge is -2.47. The van der Waals surface area contributed by atoms with Gasteiger partial charge in [-0.15, -0.1) is 0 Å². The topological polar surface area (TPSA) is 38.5 Å². The minimum absolute atomic E-state index is 0.232. The summed E-state index contributed by atoms with van der Waals surface area (Å²) in [4.78, 5) is 2.61. The van der Waals surface area contributed by atoms with E-state index in [0.29, 0.717) is 17.6 Å². The minimum atomic E-state index is 0.232. The molecule has 2 aliphatic rings. The summed E-state index contributed by atoms with van der Waals surface area (Å²) in [6.45, 7) is 12.0. The number of nitrogens with zero attached hydrogens (tertiary/aromatic N) is 1. The normalized spacial score (nSPS) is 42.9. The van der Waals surface area contributed by atoms with E-state index >= 15 is 0 Å². The molecule has 0 radical (unpaired) electrons. The molecular formula is C14H28N2O. The first-order chi connectivity index (χ1) is 7.87. The zero-order valence-corrected chi connectivity index (χ0v) is 11.8. The summed E-state index contributed by atoms with van der Waals surface area (Å²) in [5.74, 6) is 0. The van der Waals surface area contributed by atoms with Crippen molar-refractivity contribution in [3.05, 3.63) is 0 Å². The molecule has 0 aromatic rings. The zero-order chi connectivity index (χ0) is 12.7. The van der Waals surface area contributed by atoms with Crippen molar-refractivity contribution in [1.29, 1.82) is 0 Å². The van der Waals surface area contributed by atoms with E-state index in [1.807, 2.05) is 0 Å². The van der Waals surface area contributed by atoms with E-state index in [9.17, 15) is 0 Å². The van der Waals surface area contributed by atoms with Crippen molar-refractivity contribution in [2.75, 3.05) is 19.6 Å². The molecule has 0 aromatic heterocycles. The molecule has 0 aromatic carbocycles. The van der Waals surface area contributed by atoms with E-state index in [1.165, 1.54) is 19.3 Å². The quantitative estimate of drug-likeness (QED) is 0.802. The van der Waals surface area contributed by atoms with Crippen molar-refractivity contribution in [1.82, 2.24) is 4.90 Å². The first-order valence-corrected chi connectivity index (χ1v) is 6.97. The molecule has 0 amide bonds. The molecule has 3 unspecified atom stereocenters. The van der Waals surface area contributed by atoms with Gasteiger partial charge in [-0.25, -0.2) is 0 Å². The highest BCUT2D eigenvalue weighted by Crippen LogP contribution is 2.46. The molecule has 1 saturated carbocycles. The van der Waals surface area contributed by atoms with Gasteiger partial charge in [-0.1, -0.05) is 13.8 Å². The first-order valence-electron chi connectivity index (χ1n) is 6.97. The maximum atomic E-state index is 6.13. The average Bonchev–Trinajstić information content (AvgIpc) is 2.54. The number of ether oxygens (including phenoxy) is 1. The fourth-order valence-electron chi connectivity index (χ4n) is 3.78. The van der Waals surface area contributed by atoms with Gasteiger partial charge >= 0.3 is 0 Å². The maximum absolute atomic E-state index is 6.13. The van der Waals surface area contributed by atoms with E-state index in [1.54, 1.807) is 0 Å². The molecular weight excluding hydrogens is 212 g/mol. The van der Waals surface area contributed by atoms with E-state index in [2.05, 4.69) is 32.6 Å². The molecule has 1 saturated heterocycles. The molecule has 0 spiro atoms. The summed E-state index contributed by atoms with van der Waals surface area (Å²) in [5, 5.41) is 0. The summed E-state index contributed by atoms with van der Waals surface area (Å²) in [6.07, 6.45) is 4.45. The monoisotopic (exact) mass is 240 g/mol. The molecule has 2 rings (SSSR count). The Morgan fingerprint density at radius 3 is 2.18 bits per heavy atom. The van der Waals surface area contributed by atoms with Gasteiger partial charge in [-0.3, -0.25) is 4.90 Å². The molecule has 3 heteroatoms. The van der Waals surface area contributed by atoms with Crippen LogP contribution in [0.2, 0.25) is 0 Å². The third-order valence-electron chi connectivity index (χ3n) is 4.55. The summed E-state index contributed by atoms with van der Waals surface area (Å²) in [5.41, 5.74) is 6.81. The smallest absolute Gasteiger partial charge is 0.0678 e. The summed E-state index contributed by atoms with van der Waals surface area (Å²) in [7, 11) is 0. The van der Waals surface area contributed by atoms with Crippen LogP contribution in [-0.2, 0) is 4.74 Å². The van der Waals surface area contributed by atoms with Crippen LogP contribution in [0.5, 0.6) is 0 Å². The van der Waals surface area contributed by atoms with Crippen LogP contribution in [0.25, 0.3) is 0 Å². The standard InChI is InChI=1S/C14H28N2O/c1-11-7-16(8-12(2)17-11)14(10-15)6-5-13(3,4)9-14/h11-12H,5-10,15H2,1-4H3. The molecule has 2 N–H and O–H groups in total. The number of hydrogen-bond acceptors (Lipinski definition) is 3. The number of hydrogen-bond donors (Lipinski definition) is 1. The van der Waals surface area contributed by atoms with Crippen LogP contribution >= 0.6 is 0 Å². The molecule has 3 nitrogen and oxygen atoms in total. The van der Waals surface area contributed by atoms with E-state index in [0.717, 1.165) is 19.6 Å². The molecule has 2 fully saturated rings. The molecule has 1 aliphatic heterocycles. The predicted molar refractivity (Wildman–Crippen MR) is 71.0 cm³/mol. The Kier molecular flexibility index (Phi) is 3.54. The van der Waals surface area contributed by atoms with Crippen molar-refractivity contribution < 1.29 is 4.74 Å². The van der Waals surface area contributed by atoms with Crippen molar-refractivity contribution in [2.45, 2.75) is 64.7 Å². The van der Waals surface area contributed by atoms with Crippen LogP contribution in [-0.4, -0.2) is 42.3 Å². The zero-order valence-electron chi connectivity index (χ0n) is 11.8. The Morgan fingerprint density at radius 2 is 1.76 bits per heavy atom. The summed E-state index contributed by atoms with van der Waals surface area (Å²) < 4.78 is 5.83. The van der Waals surface area contributed by atoms with Gasteiger partial charge in [0.15, 0.2) is 0 Å². The van der Waals surface area contributed by atoms with Gasteiger partial charge < -0.3 is 10.5 Å². The van der Waals surface area contributed by atoms with Crippen molar-refractivity contribution in [2.24, 2.45) is 11.1 Å². The SMILES string of the molecule is CC1CN(C2(CN)CCC(C)(C)C2)CC(C)O1. The second-order valence-corrected chi connectivity index (χ2v) is 6.93. The van der Waals surface area contributed by atoms with Crippen LogP contribution < -0.4 is 5.73 Å².